The summed E-state index contributed by atoms with van der Waals surface area (Å²) in [4.78, 5) is 12.6. The van der Waals surface area contributed by atoms with Gasteiger partial charge in [-0.15, -0.1) is 0 Å². The molecule has 0 amide bonds. The van der Waals surface area contributed by atoms with Crippen molar-refractivity contribution in [2.45, 2.75) is 19.4 Å². The van der Waals surface area contributed by atoms with Crippen LogP contribution in [0, 0.1) is 0 Å². The molecular weight excluding hydrogens is 384 g/mol. The van der Waals surface area contributed by atoms with E-state index in [1.54, 1.807) is 6.20 Å². The smallest absolute Gasteiger partial charge is 0.179 e. The van der Waals surface area contributed by atoms with E-state index in [0.717, 1.165) is 47.6 Å². The van der Waals surface area contributed by atoms with Gasteiger partial charge in [-0.3, -0.25) is 4.68 Å². The number of benzene rings is 2. The molecule has 154 valence electrons. The van der Waals surface area contributed by atoms with Gasteiger partial charge in [0.25, 0.3) is 0 Å². The molecule has 3 heterocycles. The lowest BCUT2D eigenvalue weighted by atomic mass is 10.1. The number of hydrogen-bond acceptors (Lipinski definition) is 4. The number of aryl methyl sites for hydroxylation is 3. The van der Waals surface area contributed by atoms with Crippen molar-refractivity contribution < 1.29 is 0 Å². The zero-order valence-electron chi connectivity index (χ0n) is 17.4. The molecule has 0 radical (unpaired) electrons. The summed E-state index contributed by atoms with van der Waals surface area (Å²) in [5.74, 6) is 0.960. The quantitative estimate of drug-likeness (QED) is 0.407. The van der Waals surface area contributed by atoms with Crippen molar-refractivity contribution in [1.29, 1.82) is 0 Å². The first-order valence-electron chi connectivity index (χ1n) is 10.4. The van der Waals surface area contributed by atoms with Crippen LogP contribution in [0.4, 0.5) is 5.69 Å². The average molecular weight is 409 g/mol. The topological polar surface area (TPSA) is 71.4 Å². The third kappa shape index (κ3) is 4.33. The van der Waals surface area contributed by atoms with Gasteiger partial charge in [-0.2, -0.15) is 5.10 Å². The molecule has 5 rings (SSSR count). The van der Waals surface area contributed by atoms with Crippen molar-refractivity contribution in [3.8, 4) is 11.1 Å². The third-order valence-corrected chi connectivity index (χ3v) is 5.41. The lowest BCUT2D eigenvalue weighted by molar-refractivity contribution is 0.768. The maximum atomic E-state index is 4.68. The van der Waals surface area contributed by atoms with Crippen molar-refractivity contribution in [3.63, 3.8) is 0 Å². The SMILES string of the molecule is Cn1cc(-c2ccc(CNc3ccnc4nc(CCc5ccccc5)[nH]c34)cc2)cn1. The number of aromatic nitrogens is 5. The highest BCUT2D eigenvalue weighted by atomic mass is 15.2. The molecule has 0 saturated carbocycles. The summed E-state index contributed by atoms with van der Waals surface area (Å²) in [6.07, 6.45) is 7.52. The Balaban J connectivity index is 1.27. The Bertz CT molecular complexity index is 1280. The van der Waals surface area contributed by atoms with E-state index in [1.807, 2.05) is 36.3 Å². The Kier molecular flexibility index (Phi) is 5.19. The molecule has 6 heteroatoms. The lowest BCUT2D eigenvalue weighted by Gasteiger charge is -2.08. The molecule has 5 aromatic rings. The molecule has 2 N–H and O–H groups in total. The van der Waals surface area contributed by atoms with E-state index in [9.17, 15) is 0 Å². The van der Waals surface area contributed by atoms with Gasteiger partial charge < -0.3 is 10.3 Å². The highest BCUT2D eigenvalue weighted by molar-refractivity contribution is 5.85. The van der Waals surface area contributed by atoms with Gasteiger partial charge in [-0.1, -0.05) is 54.6 Å². The predicted molar refractivity (Wildman–Crippen MR) is 124 cm³/mol. The van der Waals surface area contributed by atoms with Crippen LogP contribution in [-0.4, -0.2) is 24.7 Å². The highest BCUT2D eigenvalue weighted by Crippen LogP contribution is 2.22. The normalized spacial score (nSPS) is 11.1. The minimum atomic E-state index is 0.727. The van der Waals surface area contributed by atoms with Gasteiger partial charge in [0.05, 0.1) is 11.9 Å². The summed E-state index contributed by atoms with van der Waals surface area (Å²) < 4.78 is 1.82. The van der Waals surface area contributed by atoms with Crippen molar-refractivity contribution in [1.82, 2.24) is 24.7 Å². The number of anilines is 1. The maximum Gasteiger partial charge on any atom is 0.179 e. The number of aromatic amines is 1. The van der Waals surface area contributed by atoms with E-state index < -0.39 is 0 Å². The van der Waals surface area contributed by atoms with Gasteiger partial charge in [0.15, 0.2) is 5.65 Å². The van der Waals surface area contributed by atoms with Crippen molar-refractivity contribution >= 4 is 16.9 Å². The fraction of sp³-hybridized carbons (Fsp3) is 0.160. The Morgan fingerprint density at radius 1 is 0.903 bits per heavy atom. The van der Waals surface area contributed by atoms with Gasteiger partial charge in [0, 0.05) is 38.0 Å². The number of nitrogens with one attached hydrogen (secondary N) is 2. The van der Waals surface area contributed by atoms with Gasteiger partial charge in [0.1, 0.15) is 11.3 Å². The Labute approximate surface area is 181 Å². The Hall–Kier alpha value is -3.93. The molecular formula is C25H24N6. The fourth-order valence-corrected chi connectivity index (χ4v) is 3.71. The number of pyridine rings is 1. The Morgan fingerprint density at radius 2 is 1.74 bits per heavy atom. The average Bonchev–Trinajstić information content (AvgIpc) is 3.43. The minimum Gasteiger partial charge on any atom is -0.379 e. The second kappa shape index (κ2) is 8.44. The number of rotatable bonds is 7. The van der Waals surface area contributed by atoms with Gasteiger partial charge >= 0.3 is 0 Å². The van der Waals surface area contributed by atoms with E-state index in [4.69, 9.17) is 0 Å². The summed E-state index contributed by atoms with van der Waals surface area (Å²) in [7, 11) is 1.93. The molecule has 0 atom stereocenters. The molecule has 3 aromatic heterocycles. The molecule has 0 unspecified atom stereocenters. The minimum absolute atomic E-state index is 0.727. The first-order chi connectivity index (χ1) is 15.2. The molecule has 2 aromatic carbocycles. The van der Waals surface area contributed by atoms with Crippen LogP contribution in [0.3, 0.4) is 0 Å². The Morgan fingerprint density at radius 3 is 2.52 bits per heavy atom. The van der Waals surface area contributed by atoms with Crippen LogP contribution in [0.5, 0.6) is 0 Å². The summed E-state index contributed by atoms with van der Waals surface area (Å²) >= 11 is 0. The van der Waals surface area contributed by atoms with Gasteiger partial charge in [-0.05, 0) is 29.2 Å². The monoisotopic (exact) mass is 408 g/mol. The van der Waals surface area contributed by atoms with Crippen LogP contribution in [0.2, 0.25) is 0 Å². The van der Waals surface area contributed by atoms with Crippen LogP contribution < -0.4 is 5.32 Å². The first kappa shape index (κ1) is 19.1. The molecule has 0 bridgehead atoms. The molecule has 0 aliphatic rings. The summed E-state index contributed by atoms with van der Waals surface area (Å²) in [6, 6.07) is 21.0. The van der Waals surface area contributed by atoms with Crippen molar-refractivity contribution in [2.24, 2.45) is 7.05 Å². The molecule has 0 aliphatic carbocycles. The van der Waals surface area contributed by atoms with E-state index in [0.29, 0.717) is 0 Å². The van der Waals surface area contributed by atoms with E-state index >= 15 is 0 Å². The molecule has 31 heavy (non-hydrogen) atoms. The largest absolute Gasteiger partial charge is 0.379 e. The number of hydrogen-bond donors (Lipinski definition) is 2. The highest BCUT2D eigenvalue weighted by Gasteiger charge is 2.09. The van der Waals surface area contributed by atoms with Crippen molar-refractivity contribution in [3.05, 3.63) is 96.2 Å². The van der Waals surface area contributed by atoms with Gasteiger partial charge in [0.2, 0.25) is 0 Å². The lowest BCUT2D eigenvalue weighted by Crippen LogP contribution is -2.00. The molecule has 0 fully saturated rings. The number of imidazole rings is 1. The second-order valence-corrected chi connectivity index (χ2v) is 7.68. The number of nitrogens with zero attached hydrogens (tertiary/aromatic N) is 4. The molecule has 0 saturated heterocycles. The molecule has 0 spiro atoms. The van der Waals surface area contributed by atoms with Crippen LogP contribution >= 0.6 is 0 Å². The molecule has 0 aliphatic heterocycles. The zero-order valence-corrected chi connectivity index (χ0v) is 17.4. The first-order valence-corrected chi connectivity index (χ1v) is 10.4. The van der Waals surface area contributed by atoms with E-state index in [1.165, 1.54) is 16.7 Å². The molecule has 6 nitrogen and oxygen atoms in total. The zero-order chi connectivity index (χ0) is 21.0. The van der Waals surface area contributed by atoms with Crippen LogP contribution in [0.1, 0.15) is 17.0 Å². The van der Waals surface area contributed by atoms with Gasteiger partial charge in [-0.25, -0.2) is 9.97 Å². The maximum absolute atomic E-state index is 4.68. The predicted octanol–water partition coefficient (Wildman–Crippen LogP) is 4.76. The van der Waals surface area contributed by atoms with Crippen molar-refractivity contribution in [2.75, 3.05) is 5.32 Å². The van der Waals surface area contributed by atoms with Crippen LogP contribution in [0.25, 0.3) is 22.3 Å². The number of H-pyrrole nitrogens is 1. The summed E-state index contributed by atoms with van der Waals surface area (Å²) in [6.45, 7) is 0.727. The standard InChI is InChI=1S/C25H24N6/c1-31-17-21(16-28-31)20-10-7-19(8-11-20)15-27-22-13-14-26-25-24(22)29-23(30-25)12-9-18-5-3-2-4-6-18/h2-8,10-11,13-14,16-17H,9,12,15H2,1H3,(H2,26,27,29,30). The van der Waals surface area contributed by atoms with Crippen LogP contribution in [-0.2, 0) is 26.4 Å². The second-order valence-electron chi connectivity index (χ2n) is 7.68. The van der Waals surface area contributed by atoms with E-state index in [2.05, 4.69) is 73.9 Å². The summed E-state index contributed by atoms with van der Waals surface area (Å²) in [5.41, 5.74) is 7.53. The third-order valence-electron chi connectivity index (χ3n) is 5.41. The summed E-state index contributed by atoms with van der Waals surface area (Å²) in [5, 5.41) is 7.77. The number of fused-ring (bicyclic) bond motifs is 1. The fourth-order valence-electron chi connectivity index (χ4n) is 3.71. The van der Waals surface area contributed by atoms with Crippen LogP contribution in [0.15, 0.2) is 79.3 Å². The van der Waals surface area contributed by atoms with E-state index in [-0.39, 0.29) is 0 Å².